The summed E-state index contributed by atoms with van der Waals surface area (Å²) in [7, 11) is 1.72. The number of benzene rings is 1. The number of hydrazone groups is 1. The van der Waals surface area contributed by atoms with Gasteiger partial charge >= 0.3 is 0 Å². The van der Waals surface area contributed by atoms with Crippen LogP contribution in [0.1, 0.15) is 25.3 Å². The predicted molar refractivity (Wildman–Crippen MR) is 64.3 cm³/mol. The average Bonchev–Trinajstić information content (AvgIpc) is 2.67. The molecule has 1 N–H and O–H groups in total. The van der Waals surface area contributed by atoms with E-state index in [4.69, 9.17) is 4.74 Å². The molecule has 0 bridgehead atoms. The maximum atomic E-state index is 5.27. The number of hydrogen-bond acceptors (Lipinski definition) is 2. The van der Waals surface area contributed by atoms with Crippen molar-refractivity contribution in [2.75, 3.05) is 12.5 Å². The number of methoxy groups -OCH3 is 1. The third kappa shape index (κ3) is 1.39. The minimum atomic E-state index is 0.625. The van der Waals surface area contributed by atoms with Crippen LogP contribution in [0.3, 0.4) is 0 Å². The second-order valence-corrected chi connectivity index (χ2v) is 4.64. The molecule has 0 fully saturated rings. The number of fused-ring (bicyclic) bond motifs is 2. The Morgan fingerprint density at radius 1 is 1.44 bits per heavy atom. The highest BCUT2D eigenvalue weighted by molar-refractivity contribution is 5.78. The molecule has 1 aromatic carbocycles. The fraction of sp³-hybridized carbons (Fsp3) is 0.462. The van der Waals surface area contributed by atoms with E-state index < -0.39 is 0 Å². The molecule has 1 atom stereocenters. The quantitative estimate of drug-likeness (QED) is 0.729. The van der Waals surface area contributed by atoms with Crippen LogP contribution in [0.4, 0.5) is 5.69 Å². The molecule has 0 aromatic heterocycles. The second-order valence-electron chi connectivity index (χ2n) is 4.64. The van der Waals surface area contributed by atoms with Crippen molar-refractivity contribution in [2.45, 2.75) is 32.2 Å². The molecule has 2 aliphatic heterocycles. The number of hydrazine groups is 1. The fourth-order valence-corrected chi connectivity index (χ4v) is 2.68. The van der Waals surface area contributed by atoms with Crippen molar-refractivity contribution in [3.63, 3.8) is 0 Å². The Hall–Kier alpha value is -1.51. The van der Waals surface area contributed by atoms with Crippen LogP contribution < -0.4 is 10.2 Å². The molecule has 0 radical (unpaired) electrons. The Kier molecular flexibility index (Phi) is 2.13. The standard InChI is InChI=1S/C13H17N2O/c1-9-3-4-11-7-10-8-12(16-2)5-6-13(10)14-15(9)11/h5-6,8,11,14H,3-4,7H2,1-2H3/q+1. The van der Waals surface area contributed by atoms with E-state index in [1.165, 1.54) is 29.8 Å². The van der Waals surface area contributed by atoms with Crippen molar-refractivity contribution in [3.8, 4) is 5.75 Å². The summed E-state index contributed by atoms with van der Waals surface area (Å²) in [6.45, 7) is 2.21. The number of hydrogen-bond donors (Lipinski definition) is 1. The van der Waals surface area contributed by atoms with Gasteiger partial charge in [0.15, 0.2) is 11.8 Å². The van der Waals surface area contributed by atoms with E-state index in [-0.39, 0.29) is 0 Å². The van der Waals surface area contributed by atoms with Gasteiger partial charge in [0.05, 0.1) is 12.8 Å². The zero-order valence-corrected chi connectivity index (χ0v) is 9.79. The fourth-order valence-electron chi connectivity index (χ4n) is 2.68. The predicted octanol–water partition coefficient (Wildman–Crippen LogP) is 2.21. The minimum absolute atomic E-state index is 0.625. The van der Waals surface area contributed by atoms with Crippen molar-refractivity contribution in [1.82, 2.24) is 0 Å². The molecule has 2 heterocycles. The SMILES string of the molecule is COc1ccc2c(c1)CC1CCC(C)=[N+]1N2. The van der Waals surface area contributed by atoms with Gasteiger partial charge in [-0.25, -0.2) is 0 Å². The average molecular weight is 217 g/mol. The van der Waals surface area contributed by atoms with E-state index in [0.29, 0.717) is 6.04 Å². The lowest BCUT2D eigenvalue weighted by atomic mass is 10.0. The van der Waals surface area contributed by atoms with E-state index in [1.54, 1.807) is 7.11 Å². The first-order valence-corrected chi connectivity index (χ1v) is 5.83. The first-order valence-electron chi connectivity index (χ1n) is 5.83. The lowest BCUT2D eigenvalue weighted by Gasteiger charge is -2.20. The zero-order chi connectivity index (χ0) is 11.1. The molecule has 3 nitrogen and oxygen atoms in total. The molecule has 84 valence electrons. The second kappa shape index (κ2) is 3.51. The molecule has 0 saturated heterocycles. The van der Waals surface area contributed by atoms with Gasteiger partial charge in [-0.3, -0.25) is 0 Å². The molecular weight excluding hydrogens is 200 g/mol. The maximum absolute atomic E-state index is 5.27. The lowest BCUT2D eigenvalue weighted by Crippen LogP contribution is -2.35. The summed E-state index contributed by atoms with van der Waals surface area (Å²) >= 11 is 0. The van der Waals surface area contributed by atoms with Crippen molar-refractivity contribution in [1.29, 1.82) is 0 Å². The number of nitrogens with one attached hydrogen (secondary N) is 1. The van der Waals surface area contributed by atoms with Crippen molar-refractivity contribution < 1.29 is 9.42 Å². The Labute approximate surface area is 95.7 Å². The van der Waals surface area contributed by atoms with Gasteiger partial charge in [-0.2, -0.15) is 5.43 Å². The van der Waals surface area contributed by atoms with E-state index >= 15 is 0 Å². The molecule has 0 aliphatic carbocycles. The van der Waals surface area contributed by atoms with Crippen LogP contribution in [0.25, 0.3) is 0 Å². The third-order valence-corrected chi connectivity index (χ3v) is 3.62. The smallest absolute Gasteiger partial charge is 0.186 e. The molecule has 3 rings (SSSR count). The highest BCUT2D eigenvalue weighted by Gasteiger charge is 2.36. The van der Waals surface area contributed by atoms with Gasteiger partial charge in [-0.1, -0.05) is 0 Å². The molecule has 0 saturated carbocycles. The number of nitrogens with zero attached hydrogens (tertiary/aromatic N) is 1. The van der Waals surface area contributed by atoms with Crippen molar-refractivity contribution in [2.24, 2.45) is 0 Å². The van der Waals surface area contributed by atoms with Crippen LogP contribution in [0.15, 0.2) is 18.2 Å². The Morgan fingerprint density at radius 3 is 3.12 bits per heavy atom. The minimum Gasteiger partial charge on any atom is -0.497 e. The van der Waals surface area contributed by atoms with Gasteiger partial charge in [0.25, 0.3) is 0 Å². The molecule has 1 aromatic rings. The zero-order valence-electron chi connectivity index (χ0n) is 9.79. The van der Waals surface area contributed by atoms with E-state index in [2.05, 4.69) is 29.2 Å². The van der Waals surface area contributed by atoms with Crippen LogP contribution in [0.5, 0.6) is 5.75 Å². The summed E-state index contributed by atoms with van der Waals surface area (Å²) in [6.07, 6.45) is 3.59. The van der Waals surface area contributed by atoms with Gasteiger partial charge in [-0.15, -0.1) is 4.68 Å². The van der Waals surface area contributed by atoms with Gasteiger partial charge < -0.3 is 4.74 Å². The molecule has 16 heavy (non-hydrogen) atoms. The number of ether oxygens (including phenoxy) is 1. The lowest BCUT2D eigenvalue weighted by molar-refractivity contribution is -0.532. The Bertz CT molecular complexity index is 465. The Morgan fingerprint density at radius 2 is 2.31 bits per heavy atom. The highest BCUT2D eigenvalue weighted by Crippen LogP contribution is 2.30. The number of anilines is 1. The van der Waals surface area contributed by atoms with Crippen molar-refractivity contribution >= 4 is 11.4 Å². The molecular formula is C13H17N2O+. The van der Waals surface area contributed by atoms with Crippen LogP contribution >= 0.6 is 0 Å². The molecule has 0 spiro atoms. The van der Waals surface area contributed by atoms with Gasteiger partial charge in [-0.05, 0) is 23.8 Å². The van der Waals surface area contributed by atoms with Crippen LogP contribution in [-0.4, -0.2) is 23.5 Å². The molecule has 3 heteroatoms. The van der Waals surface area contributed by atoms with Crippen molar-refractivity contribution in [3.05, 3.63) is 23.8 Å². The number of rotatable bonds is 1. The highest BCUT2D eigenvalue weighted by atomic mass is 16.5. The first-order chi connectivity index (χ1) is 7.78. The van der Waals surface area contributed by atoms with Gasteiger partial charge in [0.1, 0.15) is 5.75 Å². The molecule has 0 amide bonds. The molecule has 1 unspecified atom stereocenters. The summed E-state index contributed by atoms with van der Waals surface area (Å²) < 4.78 is 7.59. The van der Waals surface area contributed by atoms with Crippen LogP contribution in [-0.2, 0) is 6.42 Å². The van der Waals surface area contributed by atoms with Gasteiger partial charge in [0, 0.05) is 26.2 Å². The van der Waals surface area contributed by atoms with Gasteiger partial charge in [0.2, 0.25) is 0 Å². The monoisotopic (exact) mass is 217 g/mol. The third-order valence-electron chi connectivity index (χ3n) is 3.62. The maximum Gasteiger partial charge on any atom is 0.186 e. The van der Waals surface area contributed by atoms with Crippen LogP contribution in [0, 0.1) is 0 Å². The van der Waals surface area contributed by atoms with E-state index in [9.17, 15) is 0 Å². The summed E-state index contributed by atoms with van der Waals surface area (Å²) in [5.41, 5.74) is 7.54. The van der Waals surface area contributed by atoms with Crippen LogP contribution in [0.2, 0.25) is 0 Å². The Balaban J connectivity index is 2.00. The summed E-state index contributed by atoms with van der Waals surface area (Å²) in [5, 5.41) is 0. The summed E-state index contributed by atoms with van der Waals surface area (Å²) in [4.78, 5) is 0. The topological polar surface area (TPSA) is 24.3 Å². The summed E-state index contributed by atoms with van der Waals surface area (Å²) in [6, 6.07) is 6.89. The first kappa shape index (κ1) is 9.70. The largest absolute Gasteiger partial charge is 0.497 e. The summed E-state index contributed by atoms with van der Waals surface area (Å²) in [5.74, 6) is 0.952. The van der Waals surface area contributed by atoms with E-state index in [1.807, 2.05) is 6.07 Å². The van der Waals surface area contributed by atoms with E-state index in [0.717, 1.165) is 12.2 Å². The normalized spacial score (nSPS) is 22.5. The molecule has 2 aliphatic rings.